The average Bonchev–Trinajstić information content (AvgIpc) is 3.12. The molecule has 0 spiro atoms. The zero-order valence-corrected chi connectivity index (χ0v) is 15.2. The number of rotatable bonds is 6. The molecule has 8 heteroatoms. The Labute approximate surface area is 155 Å². The molecule has 2 heterocycles. The van der Waals surface area contributed by atoms with E-state index in [1.54, 1.807) is 10.3 Å². The number of ether oxygens (including phenoxy) is 2. The van der Waals surface area contributed by atoms with Gasteiger partial charge in [-0.1, -0.05) is 0 Å². The molecule has 1 aromatic heterocycles. The van der Waals surface area contributed by atoms with Crippen LogP contribution in [0.3, 0.4) is 0 Å². The van der Waals surface area contributed by atoms with Crippen molar-refractivity contribution >= 4 is 23.2 Å². The van der Waals surface area contributed by atoms with Crippen molar-refractivity contribution in [1.29, 1.82) is 0 Å². The maximum Gasteiger partial charge on any atom is 0.305 e. The second kappa shape index (κ2) is 8.29. The van der Waals surface area contributed by atoms with Crippen molar-refractivity contribution in [2.45, 2.75) is 19.4 Å². The van der Waals surface area contributed by atoms with E-state index in [2.05, 4.69) is 4.98 Å². The Morgan fingerprint density at radius 2 is 2.15 bits per heavy atom. The summed E-state index contributed by atoms with van der Waals surface area (Å²) < 4.78 is 10.7. The molecular formula is C18H20N2O5S. The number of benzene rings is 1. The third kappa shape index (κ3) is 4.20. The highest BCUT2D eigenvalue weighted by molar-refractivity contribution is 7.13. The summed E-state index contributed by atoms with van der Waals surface area (Å²) in [5, 5.41) is 11.5. The Kier molecular flexibility index (Phi) is 5.85. The fourth-order valence-electron chi connectivity index (χ4n) is 2.80. The van der Waals surface area contributed by atoms with Crippen LogP contribution < -0.4 is 4.74 Å². The van der Waals surface area contributed by atoms with Crippen molar-refractivity contribution in [3.8, 4) is 16.3 Å². The van der Waals surface area contributed by atoms with Gasteiger partial charge in [0, 0.05) is 17.5 Å². The van der Waals surface area contributed by atoms with Gasteiger partial charge in [0.1, 0.15) is 16.5 Å². The Balaban J connectivity index is 1.75. The van der Waals surface area contributed by atoms with E-state index >= 15 is 0 Å². The molecule has 1 fully saturated rings. The molecule has 0 saturated carbocycles. The van der Waals surface area contributed by atoms with Gasteiger partial charge in [0.15, 0.2) is 0 Å². The predicted octanol–water partition coefficient (Wildman–Crippen LogP) is 2.52. The molecule has 1 atom stereocenters. The van der Waals surface area contributed by atoms with E-state index in [-0.39, 0.29) is 18.9 Å². The minimum absolute atomic E-state index is 0.137. The minimum atomic E-state index is -0.952. The van der Waals surface area contributed by atoms with Crippen LogP contribution in [0.1, 0.15) is 23.8 Å². The summed E-state index contributed by atoms with van der Waals surface area (Å²) in [5.74, 6) is -0.423. The van der Waals surface area contributed by atoms with Crippen LogP contribution in [0.2, 0.25) is 0 Å². The van der Waals surface area contributed by atoms with E-state index in [0.29, 0.717) is 25.5 Å². The highest BCUT2D eigenvalue weighted by atomic mass is 32.1. The number of aromatic nitrogens is 1. The standard InChI is InChI=1S/C18H20N2O5S/c1-2-25-14-5-3-12(4-6-14)17-19-15(11-26-17)18(23)20-7-8-24-10-13(20)9-16(21)22/h3-6,11,13H,2,7-10H2,1H3,(H,21,22). The fraction of sp³-hybridized carbons (Fsp3) is 0.389. The van der Waals surface area contributed by atoms with Crippen molar-refractivity contribution in [3.05, 3.63) is 35.3 Å². The molecule has 3 rings (SSSR count). The number of nitrogens with zero attached hydrogens (tertiary/aromatic N) is 2. The summed E-state index contributed by atoms with van der Waals surface area (Å²) in [5.41, 5.74) is 1.23. The first-order valence-electron chi connectivity index (χ1n) is 8.37. The van der Waals surface area contributed by atoms with Gasteiger partial charge in [-0.2, -0.15) is 0 Å². The Bertz CT molecular complexity index is 774. The molecule has 0 aliphatic carbocycles. The molecule has 1 aromatic carbocycles. The SMILES string of the molecule is CCOc1ccc(-c2nc(C(=O)N3CCOCC3CC(=O)O)cs2)cc1. The number of hydrogen-bond acceptors (Lipinski definition) is 6. The van der Waals surface area contributed by atoms with Crippen molar-refractivity contribution in [1.82, 2.24) is 9.88 Å². The molecular weight excluding hydrogens is 356 g/mol. The van der Waals surface area contributed by atoms with Gasteiger partial charge in [-0.15, -0.1) is 11.3 Å². The lowest BCUT2D eigenvalue weighted by Gasteiger charge is -2.34. The zero-order chi connectivity index (χ0) is 18.5. The second-order valence-corrected chi connectivity index (χ2v) is 6.68. The van der Waals surface area contributed by atoms with Crippen LogP contribution in [0.15, 0.2) is 29.6 Å². The van der Waals surface area contributed by atoms with Crippen LogP contribution in [0.4, 0.5) is 0 Å². The summed E-state index contributed by atoms with van der Waals surface area (Å²) in [6.07, 6.45) is -0.137. The van der Waals surface area contributed by atoms with Gasteiger partial charge in [-0.25, -0.2) is 4.98 Å². The molecule has 138 valence electrons. The molecule has 1 aliphatic rings. The summed E-state index contributed by atoms with van der Waals surface area (Å²) in [7, 11) is 0. The molecule has 0 bridgehead atoms. The van der Waals surface area contributed by atoms with Gasteiger partial charge in [0.05, 0.1) is 32.3 Å². The maximum atomic E-state index is 12.8. The summed E-state index contributed by atoms with van der Waals surface area (Å²) in [6.45, 7) is 3.53. The van der Waals surface area contributed by atoms with E-state index in [1.165, 1.54) is 11.3 Å². The van der Waals surface area contributed by atoms with Crippen LogP contribution in [-0.2, 0) is 9.53 Å². The molecule has 1 saturated heterocycles. The Morgan fingerprint density at radius 3 is 2.85 bits per heavy atom. The van der Waals surface area contributed by atoms with Gasteiger partial charge >= 0.3 is 5.97 Å². The van der Waals surface area contributed by atoms with Crippen molar-refractivity contribution in [2.24, 2.45) is 0 Å². The lowest BCUT2D eigenvalue weighted by Crippen LogP contribution is -2.49. The minimum Gasteiger partial charge on any atom is -0.494 e. The van der Waals surface area contributed by atoms with Gasteiger partial charge in [0.2, 0.25) is 0 Å². The summed E-state index contributed by atoms with van der Waals surface area (Å²) in [4.78, 5) is 29.8. The normalized spacial score (nSPS) is 17.1. The van der Waals surface area contributed by atoms with Gasteiger partial charge in [-0.3, -0.25) is 9.59 Å². The van der Waals surface area contributed by atoms with Crippen LogP contribution in [-0.4, -0.2) is 59.3 Å². The van der Waals surface area contributed by atoms with Gasteiger partial charge < -0.3 is 19.5 Å². The number of morpholine rings is 1. The average molecular weight is 376 g/mol. The number of carboxylic acids is 1. The Hall–Kier alpha value is -2.45. The number of thiazole rings is 1. The fourth-order valence-corrected chi connectivity index (χ4v) is 3.60. The predicted molar refractivity (Wildman–Crippen MR) is 96.6 cm³/mol. The van der Waals surface area contributed by atoms with E-state index < -0.39 is 12.0 Å². The maximum absolute atomic E-state index is 12.8. The number of carbonyl (C=O) groups excluding carboxylic acids is 1. The van der Waals surface area contributed by atoms with Crippen molar-refractivity contribution in [3.63, 3.8) is 0 Å². The van der Waals surface area contributed by atoms with Crippen LogP contribution in [0.5, 0.6) is 5.75 Å². The molecule has 26 heavy (non-hydrogen) atoms. The molecule has 2 aromatic rings. The topological polar surface area (TPSA) is 89.0 Å². The van der Waals surface area contributed by atoms with Crippen LogP contribution in [0.25, 0.3) is 10.6 Å². The largest absolute Gasteiger partial charge is 0.494 e. The smallest absolute Gasteiger partial charge is 0.305 e. The summed E-state index contributed by atoms with van der Waals surface area (Å²) in [6, 6.07) is 7.07. The first-order valence-corrected chi connectivity index (χ1v) is 9.25. The molecule has 1 aliphatic heterocycles. The first-order chi connectivity index (χ1) is 12.6. The van der Waals surface area contributed by atoms with Gasteiger partial charge in [0.25, 0.3) is 5.91 Å². The number of carbonyl (C=O) groups is 2. The molecule has 1 amide bonds. The van der Waals surface area contributed by atoms with Crippen LogP contribution in [0, 0.1) is 0 Å². The molecule has 0 radical (unpaired) electrons. The number of hydrogen-bond donors (Lipinski definition) is 1. The van der Waals surface area contributed by atoms with Crippen molar-refractivity contribution in [2.75, 3.05) is 26.4 Å². The third-order valence-electron chi connectivity index (χ3n) is 4.03. The molecule has 7 nitrogen and oxygen atoms in total. The van der Waals surface area contributed by atoms with Crippen LogP contribution >= 0.6 is 11.3 Å². The Morgan fingerprint density at radius 1 is 1.38 bits per heavy atom. The number of amides is 1. The zero-order valence-electron chi connectivity index (χ0n) is 14.4. The quantitative estimate of drug-likeness (QED) is 0.833. The second-order valence-electron chi connectivity index (χ2n) is 5.82. The lowest BCUT2D eigenvalue weighted by molar-refractivity contribution is -0.139. The number of aliphatic carboxylic acids is 1. The monoisotopic (exact) mass is 376 g/mol. The third-order valence-corrected chi connectivity index (χ3v) is 4.93. The van der Waals surface area contributed by atoms with E-state index in [4.69, 9.17) is 14.6 Å². The van der Waals surface area contributed by atoms with Gasteiger partial charge in [-0.05, 0) is 31.2 Å². The first kappa shape index (κ1) is 18.3. The lowest BCUT2D eigenvalue weighted by atomic mass is 10.1. The number of carboxylic acid groups (broad SMARTS) is 1. The highest BCUT2D eigenvalue weighted by Gasteiger charge is 2.31. The summed E-state index contributed by atoms with van der Waals surface area (Å²) >= 11 is 1.38. The van der Waals surface area contributed by atoms with E-state index in [0.717, 1.165) is 16.3 Å². The molecule has 1 unspecified atom stereocenters. The molecule has 1 N–H and O–H groups in total. The van der Waals surface area contributed by atoms with E-state index in [9.17, 15) is 9.59 Å². The van der Waals surface area contributed by atoms with Crippen molar-refractivity contribution < 1.29 is 24.2 Å². The highest BCUT2D eigenvalue weighted by Crippen LogP contribution is 2.27. The van der Waals surface area contributed by atoms with E-state index in [1.807, 2.05) is 31.2 Å².